The maximum Gasteiger partial charge on any atom is 0.338 e. The normalized spacial score (nSPS) is 20.0. The van der Waals surface area contributed by atoms with E-state index in [1.165, 1.54) is 11.0 Å². The third kappa shape index (κ3) is 9.41. The first-order chi connectivity index (χ1) is 24.8. The van der Waals surface area contributed by atoms with Crippen LogP contribution in [-0.4, -0.2) is 84.4 Å². The second kappa shape index (κ2) is 16.5. The van der Waals surface area contributed by atoms with Crippen molar-refractivity contribution in [3.8, 4) is 0 Å². The Bertz CT molecular complexity index is 1740. The van der Waals surface area contributed by atoms with Gasteiger partial charge in [0, 0.05) is 49.7 Å². The predicted molar refractivity (Wildman–Crippen MR) is 194 cm³/mol. The Balaban J connectivity index is 1.41. The minimum Gasteiger partial charge on any atom is -0.460 e. The number of rotatable bonds is 12. The Hall–Kier alpha value is -5.10. The van der Waals surface area contributed by atoms with Crippen molar-refractivity contribution in [1.29, 1.82) is 0 Å². The molecule has 1 fully saturated rings. The van der Waals surface area contributed by atoms with Gasteiger partial charge in [-0.2, -0.15) is 0 Å². The van der Waals surface area contributed by atoms with Gasteiger partial charge in [-0.1, -0.05) is 72.8 Å². The van der Waals surface area contributed by atoms with Gasteiger partial charge in [0.25, 0.3) is 0 Å². The van der Waals surface area contributed by atoms with E-state index in [1.807, 2.05) is 60.7 Å². The zero-order valence-electron chi connectivity index (χ0n) is 30.1. The molecule has 3 aromatic rings. The summed E-state index contributed by atoms with van der Waals surface area (Å²) >= 11 is 0. The van der Waals surface area contributed by atoms with Crippen LogP contribution in [0.4, 0.5) is 0 Å². The van der Waals surface area contributed by atoms with E-state index in [-0.39, 0.29) is 36.3 Å². The molecule has 2 N–H and O–H groups in total. The number of nitrogens with zero attached hydrogens (tertiary/aromatic N) is 1. The first kappa shape index (κ1) is 38.1. The molecule has 3 aromatic carbocycles. The second-order valence-corrected chi connectivity index (χ2v) is 14.0. The molecule has 52 heavy (non-hydrogen) atoms. The Kier molecular flexibility index (Phi) is 12.1. The summed E-state index contributed by atoms with van der Waals surface area (Å²) in [6, 6.07) is 24.7. The van der Waals surface area contributed by atoms with Crippen LogP contribution in [0.15, 0.2) is 103 Å². The molecule has 1 aliphatic heterocycles. The molecule has 2 amide bonds. The summed E-state index contributed by atoms with van der Waals surface area (Å²) in [5.41, 5.74) is 2.06. The summed E-state index contributed by atoms with van der Waals surface area (Å²) in [6.07, 6.45) is 2.40. The van der Waals surface area contributed by atoms with E-state index in [1.54, 1.807) is 71.3 Å². The topological polar surface area (TPSA) is 141 Å². The van der Waals surface area contributed by atoms with Gasteiger partial charge in [0.2, 0.25) is 17.6 Å². The number of hydrogen-bond donors (Lipinski definition) is 2. The van der Waals surface area contributed by atoms with Crippen LogP contribution in [-0.2, 0) is 39.1 Å². The summed E-state index contributed by atoms with van der Waals surface area (Å²) in [5, 5.41) is 12.9. The van der Waals surface area contributed by atoms with Gasteiger partial charge < -0.3 is 34.3 Å². The van der Waals surface area contributed by atoms with E-state index >= 15 is 0 Å². The average molecular weight is 711 g/mol. The Morgan fingerprint density at radius 2 is 1.56 bits per heavy atom. The number of aliphatic hydroxyl groups is 1. The van der Waals surface area contributed by atoms with Crippen LogP contribution < -0.4 is 5.32 Å². The van der Waals surface area contributed by atoms with Gasteiger partial charge in [0.15, 0.2) is 0 Å². The lowest BCUT2D eigenvalue weighted by atomic mass is 9.91. The Morgan fingerprint density at radius 3 is 2.12 bits per heavy atom. The molecule has 1 heterocycles. The minimum absolute atomic E-state index is 0.000553. The van der Waals surface area contributed by atoms with Gasteiger partial charge in [-0.15, -0.1) is 0 Å². The molecule has 2 aliphatic rings. The number of hydrogen-bond acceptors (Lipinski definition) is 9. The standard InChI is InChI=1S/C41H46N2O9/c1-40(2,3)51-36(46)23-21-32(26-44)42-38(47)29-24-33(49-39(48)28-19-16-27(17-20-28)18-22-35(45)43(4)5)37-34(25-29)50-41(52-37,30-12-8-6-9-13-30)31-14-10-7-11-15-31/h6-20,22,25,32-34,37,44H,21,23-24,26H2,1-5H3,(H,42,47). The van der Waals surface area contributed by atoms with E-state index < -0.39 is 60.2 Å². The molecule has 4 unspecified atom stereocenters. The fraction of sp³-hybridized carbons (Fsp3) is 0.366. The lowest BCUT2D eigenvalue weighted by Gasteiger charge is -2.31. The Labute approximate surface area is 304 Å². The largest absolute Gasteiger partial charge is 0.460 e. The monoisotopic (exact) mass is 710 g/mol. The number of carbonyl (C=O) groups is 4. The van der Waals surface area contributed by atoms with Gasteiger partial charge in [0.05, 0.1) is 18.2 Å². The molecular formula is C41H46N2O9. The van der Waals surface area contributed by atoms with Crippen molar-refractivity contribution in [2.24, 2.45) is 0 Å². The molecule has 0 saturated carbocycles. The lowest BCUT2D eigenvalue weighted by Crippen LogP contribution is -2.45. The fourth-order valence-corrected chi connectivity index (χ4v) is 6.02. The van der Waals surface area contributed by atoms with Crippen molar-refractivity contribution in [2.75, 3.05) is 20.7 Å². The van der Waals surface area contributed by atoms with E-state index in [0.29, 0.717) is 0 Å². The third-order valence-electron chi connectivity index (χ3n) is 8.62. The average Bonchev–Trinajstić information content (AvgIpc) is 3.54. The number of carbonyl (C=O) groups excluding carboxylic acids is 4. The van der Waals surface area contributed by atoms with Gasteiger partial charge in [0.1, 0.15) is 23.9 Å². The molecule has 0 radical (unpaired) electrons. The molecular weight excluding hydrogens is 664 g/mol. The maximum absolute atomic E-state index is 13.7. The SMILES string of the molecule is CN(C)C(=O)C=Cc1ccc(C(=O)OC2CC(C(=O)NC(CO)CCC(=O)OC(C)(C)C)=CC3OC(c4ccccc4)(c4ccccc4)OC32)cc1. The first-order valence-electron chi connectivity index (χ1n) is 17.3. The molecule has 0 bridgehead atoms. The maximum atomic E-state index is 13.7. The van der Waals surface area contributed by atoms with Crippen molar-refractivity contribution in [3.63, 3.8) is 0 Å². The number of fused-ring (bicyclic) bond motifs is 1. The highest BCUT2D eigenvalue weighted by molar-refractivity contribution is 5.95. The van der Waals surface area contributed by atoms with Crippen LogP contribution in [0.5, 0.6) is 0 Å². The van der Waals surface area contributed by atoms with Crippen LogP contribution in [0.1, 0.15) is 67.1 Å². The molecule has 1 saturated heterocycles. The molecule has 274 valence electrons. The first-order valence-corrected chi connectivity index (χ1v) is 17.3. The highest BCUT2D eigenvalue weighted by Gasteiger charge is 2.55. The minimum atomic E-state index is -1.37. The number of amides is 2. The number of esters is 2. The van der Waals surface area contributed by atoms with E-state index in [2.05, 4.69) is 5.32 Å². The predicted octanol–water partition coefficient (Wildman–Crippen LogP) is 4.93. The molecule has 0 spiro atoms. The molecule has 5 rings (SSSR count). The van der Waals surface area contributed by atoms with Crippen molar-refractivity contribution in [1.82, 2.24) is 10.2 Å². The van der Waals surface area contributed by atoms with E-state index in [4.69, 9.17) is 18.9 Å². The number of ether oxygens (including phenoxy) is 4. The van der Waals surface area contributed by atoms with Crippen molar-refractivity contribution < 1.29 is 43.2 Å². The summed E-state index contributed by atoms with van der Waals surface area (Å²) in [6.45, 7) is 4.91. The van der Waals surface area contributed by atoms with Crippen molar-refractivity contribution in [3.05, 3.63) is 125 Å². The highest BCUT2D eigenvalue weighted by atomic mass is 16.8. The molecule has 0 aromatic heterocycles. The van der Waals surface area contributed by atoms with Crippen LogP contribution in [0.3, 0.4) is 0 Å². The number of nitrogens with one attached hydrogen (secondary N) is 1. The van der Waals surface area contributed by atoms with Gasteiger partial charge in [-0.3, -0.25) is 14.4 Å². The number of benzene rings is 3. The number of aliphatic hydroxyl groups excluding tert-OH is 1. The smallest absolute Gasteiger partial charge is 0.338 e. The third-order valence-corrected chi connectivity index (χ3v) is 8.62. The van der Waals surface area contributed by atoms with E-state index in [9.17, 15) is 24.3 Å². The summed E-state index contributed by atoms with van der Waals surface area (Å²) < 4.78 is 25.0. The quantitative estimate of drug-likeness (QED) is 0.198. The van der Waals surface area contributed by atoms with Crippen LogP contribution >= 0.6 is 0 Å². The molecule has 1 aliphatic carbocycles. The van der Waals surface area contributed by atoms with Crippen molar-refractivity contribution in [2.45, 2.75) is 75.8 Å². The lowest BCUT2D eigenvalue weighted by molar-refractivity contribution is -0.157. The zero-order chi connectivity index (χ0) is 37.5. The van der Waals surface area contributed by atoms with Crippen molar-refractivity contribution >= 4 is 29.8 Å². The van der Waals surface area contributed by atoms with Crippen LogP contribution in [0.25, 0.3) is 6.08 Å². The van der Waals surface area contributed by atoms with Crippen LogP contribution in [0.2, 0.25) is 0 Å². The highest BCUT2D eigenvalue weighted by Crippen LogP contribution is 2.47. The molecule has 4 atom stereocenters. The fourth-order valence-electron chi connectivity index (χ4n) is 6.02. The summed E-state index contributed by atoms with van der Waals surface area (Å²) in [7, 11) is 3.32. The van der Waals surface area contributed by atoms with E-state index in [0.717, 1.165) is 16.7 Å². The van der Waals surface area contributed by atoms with Gasteiger partial charge in [-0.25, -0.2) is 4.79 Å². The summed E-state index contributed by atoms with van der Waals surface area (Å²) in [5.74, 6) is -3.10. The molecule has 11 heteroatoms. The summed E-state index contributed by atoms with van der Waals surface area (Å²) in [4.78, 5) is 53.1. The van der Waals surface area contributed by atoms with Gasteiger partial charge >= 0.3 is 11.9 Å². The van der Waals surface area contributed by atoms with Crippen LogP contribution in [0, 0.1) is 0 Å². The zero-order valence-corrected chi connectivity index (χ0v) is 30.1. The molecule has 11 nitrogen and oxygen atoms in total. The van der Waals surface area contributed by atoms with Gasteiger partial charge in [-0.05, 0) is 57.0 Å². The Morgan fingerprint density at radius 1 is 0.942 bits per heavy atom. The number of likely N-dealkylation sites (N-methyl/N-ethyl adjacent to an activating group) is 1. The second-order valence-electron chi connectivity index (χ2n) is 14.0.